The van der Waals surface area contributed by atoms with Crippen molar-refractivity contribution in [3.05, 3.63) is 28.2 Å². The van der Waals surface area contributed by atoms with Crippen LogP contribution in [0.25, 0.3) is 0 Å². The number of nitrogens with one attached hydrogen (secondary N) is 1. The lowest BCUT2D eigenvalue weighted by Gasteiger charge is -2.29. The highest BCUT2D eigenvalue weighted by Gasteiger charge is 2.13. The molecule has 0 amide bonds. The Kier molecular flexibility index (Phi) is 7.04. The Balaban J connectivity index is 2.99. The molecule has 0 bridgehead atoms. The number of rotatable bonds is 7. The summed E-state index contributed by atoms with van der Waals surface area (Å²) in [6.45, 7) is 13.5. The molecule has 0 aliphatic rings. The van der Waals surface area contributed by atoms with E-state index in [0.717, 1.165) is 13.1 Å². The van der Waals surface area contributed by atoms with Crippen LogP contribution in [0.15, 0.2) is 22.7 Å². The molecule has 1 atom stereocenters. The van der Waals surface area contributed by atoms with E-state index in [-0.39, 0.29) is 0 Å². The quantitative estimate of drug-likeness (QED) is 0.763. The van der Waals surface area contributed by atoms with Crippen molar-refractivity contribution in [1.29, 1.82) is 0 Å². The molecule has 1 aromatic rings. The Labute approximate surface area is 133 Å². The van der Waals surface area contributed by atoms with Crippen molar-refractivity contribution < 1.29 is 0 Å². The number of benzene rings is 1. The number of hydrogen-bond acceptors (Lipinski definition) is 2. The van der Waals surface area contributed by atoms with Gasteiger partial charge in [-0.3, -0.25) is 0 Å². The molecule has 1 unspecified atom stereocenters. The van der Waals surface area contributed by atoms with Gasteiger partial charge < -0.3 is 10.2 Å². The number of nitrogens with zero attached hydrogens (tertiary/aromatic N) is 1. The van der Waals surface area contributed by atoms with Gasteiger partial charge >= 0.3 is 0 Å². The summed E-state index contributed by atoms with van der Waals surface area (Å²) in [6, 6.07) is 7.10. The second-order valence-corrected chi connectivity index (χ2v) is 7.26. The van der Waals surface area contributed by atoms with Crippen molar-refractivity contribution in [2.45, 2.75) is 40.7 Å². The van der Waals surface area contributed by atoms with Crippen LogP contribution in [-0.4, -0.2) is 20.1 Å². The molecule has 0 saturated heterocycles. The molecule has 114 valence electrons. The van der Waals surface area contributed by atoms with E-state index in [2.05, 4.69) is 79.0 Å². The number of halogens is 1. The smallest absolute Gasteiger partial charge is 0.0377 e. The van der Waals surface area contributed by atoms with Crippen LogP contribution in [-0.2, 0) is 0 Å². The molecule has 20 heavy (non-hydrogen) atoms. The van der Waals surface area contributed by atoms with Gasteiger partial charge in [-0.05, 0) is 43.5 Å². The third kappa shape index (κ3) is 5.10. The van der Waals surface area contributed by atoms with E-state index in [0.29, 0.717) is 17.9 Å². The average Bonchev–Trinajstić information content (AvgIpc) is 2.35. The summed E-state index contributed by atoms with van der Waals surface area (Å²) in [6.07, 6.45) is 0. The zero-order chi connectivity index (χ0) is 15.3. The predicted octanol–water partition coefficient (Wildman–Crippen LogP) is 4.85. The second-order valence-electron chi connectivity index (χ2n) is 6.41. The molecular weight excluding hydrogens is 312 g/mol. The van der Waals surface area contributed by atoms with Crippen molar-refractivity contribution in [3.63, 3.8) is 0 Å². The monoisotopic (exact) mass is 340 g/mol. The standard InChI is InChI=1S/C17H29BrN2/c1-12(2)10-20(11-13(3)4)15-7-8-16(14(5)19-6)17(18)9-15/h7-9,12-14,19H,10-11H2,1-6H3. The van der Waals surface area contributed by atoms with Gasteiger partial charge in [0, 0.05) is 29.3 Å². The second kappa shape index (κ2) is 8.04. The molecule has 0 radical (unpaired) electrons. The highest BCUT2D eigenvalue weighted by Crippen LogP contribution is 2.29. The lowest BCUT2D eigenvalue weighted by atomic mass is 10.1. The highest BCUT2D eigenvalue weighted by atomic mass is 79.9. The normalized spacial score (nSPS) is 13.1. The first kappa shape index (κ1) is 17.5. The molecule has 1 rings (SSSR count). The zero-order valence-corrected chi connectivity index (χ0v) is 15.3. The molecule has 0 heterocycles. The van der Waals surface area contributed by atoms with Crippen molar-refractivity contribution in [2.24, 2.45) is 11.8 Å². The van der Waals surface area contributed by atoms with Crippen LogP contribution in [0.1, 0.15) is 46.2 Å². The minimum Gasteiger partial charge on any atom is -0.371 e. The van der Waals surface area contributed by atoms with Crippen LogP contribution in [0.2, 0.25) is 0 Å². The average molecular weight is 341 g/mol. The predicted molar refractivity (Wildman–Crippen MR) is 93.5 cm³/mol. The van der Waals surface area contributed by atoms with Crippen LogP contribution in [0.5, 0.6) is 0 Å². The van der Waals surface area contributed by atoms with Gasteiger partial charge in [-0.25, -0.2) is 0 Å². The van der Waals surface area contributed by atoms with Crippen molar-refractivity contribution in [2.75, 3.05) is 25.0 Å². The first-order valence-electron chi connectivity index (χ1n) is 7.56. The van der Waals surface area contributed by atoms with E-state index in [1.807, 2.05) is 7.05 Å². The molecule has 3 heteroatoms. The zero-order valence-electron chi connectivity index (χ0n) is 13.7. The van der Waals surface area contributed by atoms with Gasteiger partial charge in [0.2, 0.25) is 0 Å². The fraction of sp³-hybridized carbons (Fsp3) is 0.647. The molecular formula is C17H29BrN2. The SMILES string of the molecule is CNC(C)c1ccc(N(CC(C)C)CC(C)C)cc1Br. The van der Waals surface area contributed by atoms with Crippen molar-refractivity contribution >= 4 is 21.6 Å². The summed E-state index contributed by atoms with van der Waals surface area (Å²) in [7, 11) is 1.99. The summed E-state index contributed by atoms with van der Waals surface area (Å²) in [5.41, 5.74) is 2.62. The van der Waals surface area contributed by atoms with Crippen molar-refractivity contribution in [1.82, 2.24) is 5.32 Å². The topological polar surface area (TPSA) is 15.3 Å². The van der Waals surface area contributed by atoms with Gasteiger partial charge in [0.15, 0.2) is 0 Å². The molecule has 0 spiro atoms. The molecule has 0 aliphatic heterocycles. The summed E-state index contributed by atoms with van der Waals surface area (Å²) in [4.78, 5) is 2.49. The van der Waals surface area contributed by atoms with E-state index >= 15 is 0 Å². The van der Waals surface area contributed by atoms with E-state index in [9.17, 15) is 0 Å². The Morgan fingerprint density at radius 3 is 2.00 bits per heavy atom. The third-order valence-corrected chi connectivity index (χ3v) is 4.11. The number of hydrogen-bond donors (Lipinski definition) is 1. The summed E-state index contributed by atoms with van der Waals surface area (Å²) < 4.78 is 1.19. The Morgan fingerprint density at radius 1 is 1.05 bits per heavy atom. The fourth-order valence-electron chi connectivity index (χ4n) is 2.39. The Morgan fingerprint density at radius 2 is 1.60 bits per heavy atom. The lowest BCUT2D eigenvalue weighted by Crippen LogP contribution is -2.31. The van der Waals surface area contributed by atoms with Gasteiger partial charge in [0.1, 0.15) is 0 Å². The molecule has 0 aliphatic carbocycles. The molecule has 1 aromatic carbocycles. The molecule has 2 nitrogen and oxygen atoms in total. The van der Waals surface area contributed by atoms with Crippen LogP contribution in [0.3, 0.4) is 0 Å². The largest absolute Gasteiger partial charge is 0.371 e. The Bertz CT molecular complexity index is 405. The van der Waals surface area contributed by atoms with Gasteiger partial charge in [-0.2, -0.15) is 0 Å². The van der Waals surface area contributed by atoms with Gasteiger partial charge in [-0.15, -0.1) is 0 Å². The van der Waals surface area contributed by atoms with E-state index < -0.39 is 0 Å². The minimum atomic E-state index is 0.363. The first-order chi connectivity index (χ1) is 9.35. The van der Waals surface area contributed by atoms with Crippen LogP contribution < -0.4 is 10.2 Å². The highest BCUT2D eigenvalue weighted by molar-refractivity contribution is 9.10. The molecule has 0 fully saturated rings. The third-order valence-electron chi connectivity index (χ3n) is 3.42. The summed E-state index contributed by atoms with van der Waals surface area (Å²) in [5.74, 6) is 1.34. The molecule has 0 aromatic heterocycles. The van der Waals surface area contributed by atoms with Gasteiger partial charge in [0.05, 0.1) is 0 Å². The van der Waals surface area contributed by atoms with E-state index in [1.165, 1.54) is 15.7 Å². The van der Waals surface area contributed by atoms with Crippen LogP contribution >= 0.6 is 15.9 Å². The van der Waals surface area contributed by atoms with E-state index in [1.54, 1.807) is 0 Å². The number of anilines is 1. The van der Waals surface area contributed by atoms with Gasteiger partial charge in [-0.1, -0.05) is 49.7 Å². The fourth-order valence-corrected chi connectivity index (χ4v) is 3.10. The maximum atomic E-state index is 3.72. The maximum absolute atomic E-state index is 3.72. The first-order valence-corrected chi connectivity index (χ1v) is 8.36. The Hall–Kier alpha value is -0.540. The summed E-state index contributed by atoms with van der Waals surface area (Å²) >= 11 is 3.72. The van der Waals surface area contributed by atoms with Gasteiger partial charge in [0.25, 0.3) is 0 Å². The van der Waals surface area contributed by atoms with Crippen LogP contribution in [0, 0.1) is 11.8 Å². The minimum absolute atomic E-state index is 0.363. The van der Waals surface area contributed by atoms with E-state index in [4.69, 9.17) is 0 Å². The van der Waals surface area contributed by atoms with Crippen molar-refractivity contribution in [3.8, 4) is 0 Å². The molecule has 0 saturated carbocycles. The van der Waals surface area contributed by atoms with Crippen LogP contribution in [0.4, 0.5) is 5.69 Å². The lowest BCUT2D eigenvalue weighted by molar-refractivity contribution is 0.552. The summed E-state index contributed by atoms with van der Waals surface area (Å²) in [5, 5.41) is 3.29. The molecule has 1 N–H and O–H groups in total. The maximum Gasteiger partial charge on any atom is 0.0377 e.